The topological polar surface area (TPSA) is 98.1 Å². The zero-order chi connectivity index (χ0) is 32.3. The number of nitriles is 1. The van der Waals surface area contributed by atoms with E-state index < -0.39 is 18.6 Å². The van der Waals surface area contributed by atoms with E-state index in [2.05, 4.69) is 56.9 Å². The predicted molar refractivity (Wildman–Crippen MR) is 177 cm³/mol. The van der Waals surface area contributed by atoms with Crippen LogP contribution in [0.4, 0.5) is 15.9 Å². The van der Waals surface area contributed by atoms with Crippen molar-refractivity contribution in [2.24, 2.45) is 0 Å². The van der Waals surface area contributed by atoms with Crippen molar-refractivity contribution in [2.75, 3.05) is 69.0 Å². The number of piperazine rings is 1. The van der Waals surface area contributed by atoms with Gasteiger partial charge in [0.25, 0.3) is 5.91 Å². The Bertz CT molecular complexity index is 1750. The number of amides is 1. The zero-order valence-electron chi connectivity index (χ0n) is 26.2. The fraction of sp³-hybridized carbons (Fsp3) is 0.486. The molecular formula is C35H37ClFN7O3. The van der Waals surface area contributed by atoms with E-state index in [0.717, 1.165) is 72.6 Å². The lowest BCUT2D eigenvalue weighted by Gasteiger charge is -2.41. The number of aromatic nitrogens is 2. The number of carbonyl (C=O) groups is 1. The fourth-order valence-electron chi connectivity index (χ4n) is 7.42. The Morgan fingerprint density at radius 1 is 1.13 bits per heavy atom. The van der Waals surface area contributed by atoms with Crippen LogP contribution in [0.3, 0.4) is 0 Å². The lowest BCUT2D eigenvalue weighted by Crippen LogP contribution is -2.55. The van der Waals surface area contributed by atoms with Gasteiger partial charge in [0.05, 0.1) is 55.1 Å². The largest absolute Gasteiger partial charge is 0.463 e. The second-order valence-corrected chi connectivity index (χ2v) is 12.9. The molecule has 5 heterocycles. The lowest BCUT2D eigenvalue weighted by atomic mass is 10.0. The van der Waals surface area contributed by atoms with Crippen molar-refractivity contribution in [1.29, 1.82) is 5.26 Å². The van der Waals surface area contributed by atoms with Gasteiger partial charge in [-0.3, -0.25) is 9.69 Å². The SMILES string of the molecule is N#CC[C@H]1CN(c2nc(OCCCN3C[C@@H]4C[C@H]3CO4)nc3c2CCN(c2cccc4cccc(Cl)c24)C3)CCN1C(=O)C#CCF. The van der Waals surface area contributed by atoms with Crippen LogP contribution in [0, 0.1) is 23.2 Å². The molecule has 4 aliphatic rings. The molecule has 3 fully saturated rings. The number of anilines is 2. The number of hydrogen-bond donors (Lipinski definition) is 0. The van der Waals surface area contributed by atoms with Crippen LogP contribution in [0.25, 0.3) is 10.8 Å². The Kier molecular flexibility index (Phi) is 9.30. The van der Waals surface area contributed by atoms with Crippen LogP contribution in [-0.2, 0) is 22.5 Å². The number of halogens is 2. The van der Waals surface area contributed by atoms with E-state index in [1.165, 1.54) is 0 Å². The van der Waals surface area contributed by atoms with Crippen molar-refractivity contribution >= 4 is 39.8 Å². The summed E-state index contributed by atoms with van der Waals surface area (Å²) >= 11 is 6.71. The van der Waals surface area contributed by atoms with Crippen molar-refractivity contribution in [3.63, 3.8) is 0 Å². The molecule has 2 bridgehead atoms. The van der Waals surface area contributed by atoms with E-state index in [1.807, 2.05) is 12.1 Å². The number of hydrogen-bond acceptors (Lipinski definition) is 9. The summed E-state index contributed by atoms with van der Waals surface area (Å²) in [7, 11) is 0. The molecular weight excluding hydrogens is 621 g/mol. The molecule has 0 spiro atoms. The first-order valence-electron chi connectivity index (χ1n) is 16.3. The Balaban J connectivity index is 1.15. The van der Waals surface area contributed by atoms with Crippen LogP contribution in [-0.4, -0.2) is 103 Å². The van der Waals surface area contributed by atoms with Gasteiger partial charge in [0.15, 0.2) is 6.67 Å². The van der Waals surface area contributed by atoms with E-state index in [4.69, 9.17) is 31.0 Å². The van der Waals surface area contributed by atoms with Gasteiger partial charge in [0, 0.05) is 61.9 Å². The summed E-state index contributed by atoms with van der Waals surface area (Å²) in [5.74, 6) is 4.90. The Hall–Kier alpha value is -4.16. The van der Waals surface area contributed by atoms with Crippen molar-refractivity contribution in [2.45, 2.75) is 50.4 Å². The summed E-state index contributed by atoms with van der Waals surface area (Å²) in [6.07, 6.45) is 3.17. The first kappa shape index (κ1) is 31.4. The molecule has 10 nitrogen and oxygen atoms in total. The van der Waals surface area contributed by atoms with Gasteiger partial charge in [-0.2, -0.15) is 15.2 Å². The number of benzene rings is 2. The highest BCUT2D eigenvalue weighted by atomic mass is 35.5. The normalized spacial score (nSPS) is 22.1. The van der Waals surface area contributed by atoms with Crippen molar-refractivity contribution in [1.82, 2.24) is 19.8 Å². The maximum atomic E-state index is 12.7. The minimum absolute atomic E-state index is 0.134. The van der Waals surface area contributed by atoms with Crippen LogP contribution in [0.15, 0.2) is 36.4 Å². The number of nitrogens with zero attached hydrogens (tertiary/aromatic N) is 7. The van der Waals surface area contributed by atoms with Crippen molar-refractivity contribution in [3.8, 4) is 23.9 Å². The smallest absolute Gasteiger partial charge is 0.318 e. The first-order valence-corrected chi connectivity index (χ1v) is 16.7. The lowest BCUT2D eigenvalue weighted by molar-refractivity contribution is -0.127. The van der Waals surface area contributed by atoms with E-state index in [9.17, 15) is 14.4 Å². The molecule has 4 aliphatic heterocycles. The second-order valence-electron chi connectivity index (χ2n) is 12.5. The van der Waals surface area contributed by atoms with Crippen molar-refractivity contribution < 1.29 is 18.7 Å². The van der Waals surface area contributed by atoms with Gasteiger partial charge in [-0.15, -0.1) is 0 Å². The van der Waals surface area contributed by atoms with E-state index >= 15 is 0 Å². The molecule has 1 amide bonds. The summed E-state index contributed by atoms with van der Waals surface area (Å²) in [5, 5.41) is 12.4. The molecule has 0 saturated carbocycles. The Morgan fingerprint density at radius 2 is 2.00 bits per heavy atom. The minimum atomic E-state index is -0.889. The van der Waals surface area contributed by atoms with Crippen LogP contribution in [0.1, 0.15) is 30.5 Å². The number of fused-ring (bicyclic) bond motifs is 4. The van der Waals surface area contributed by atoms with Gasteiger partial charge in [0.1, 0.15) is 5.82 Å². The molecule has 47 heavy (non-hydrogen) atoms. The number of carbonyl (C=O) groups excluding carboxylic acids is 1. The van der Waals surface area contributed by atoms with Gasteiger partial charge in [-0.1, -0.05) is 41.8 Å². The number of ether oxygens (including phenoxy) is 2. The average molecular weight is 658 g/mol. The molecule has 3 aromatic rings. The summed E-state index contributed by atoms with van der Waals surface area (Å²) in [4.78, 5) is 31.1. The Morgan fingerprint density at radius 3 is 2.79 bits per heavy atom. The summed E-state index contributed by atoms with van der Waals surface area (Å²) in [6.45, 7) is 4.89. The first-order chi connectivity index (χ1) is 23.0. The number of likely N-dealkylation sites (tertiary alicyclic amines) is 1. The predicted octanol–water partition coefficient (Wildman–Crippen LogP) is 3.99. The molecule has 0 radical (unpaired) electrons. The molecule has 3 atom stereocenters. The summed E-state index contributed by atoms with van der Waals surface area (Å²) in [5.41, 5.74) is 2.99. The zero-order valence-corrected chi connectivity index (χ0v) is 27.0. The molecule has 7 rings (SSSR count). The molecule has 0 aliphatic carbocycles. The molecule has 0 unspecified atom stereocenters. The average Bonchev–Trinajstić information content (AvgIpc) is 3.72. The third-order valence-corrected chi connectivity index (χ3v) is 9.98. The van der Waals surface area contributed by atoms with Gasteiger partial charge < -0.3 is 24.2 Å². The number of alkyl halides is 1. The highest BCUT2D eigenvalue weighted by molar-refractivity contribution is 6.36. The number of rotatable bonds is 8. The summed E-state index contributed by atoms with van der Waals surface area (Å²) < 4.78 is 24.6. The van der Waals surface area contributed by atoms with Crippen LogP contribution in [0.2, 0.25) is 5.02 Å². The molecule has 244 valence electrons. The maximum absolute atomic E-state index is 12.7. The van der Waals surface area contributed by atoms with Gasteiger partial charge in [-0.25, -0.2) is 4.39 Å². The molecule has 3 saturated heterocycles. The Labute approximate surface area is 279 Å². The van der Waals surface area contributed by atoms with Gasteiger partial charge in [0.2, 0.25) is 0 Å². The minimum Gasteiger partial charge on any atom is -0.463 e. The third-order valence-electron chi connectivity index (χ3n) is 9.66. The van der Waals surface area contributed by atoms with Gasteiger partial charge in [-0.05, 0) is 42.7 Å². The highest BCUT2D eigenvalue weighted by Crippen LogP contribution is 2.37. The maximum Gasteiger partial charge on any atom is 0.318 e. The van der Waals surface area contributed by atoms with E-state index in [0.29, 0.717) is 62.4 Å². The van der Waals surface area contributed by atoms with Crippen molar-refractivity contribution in [3.05, 3.63) is 52.7 Å². The highest BCUT2D eigenvalue weighted by Gasteiger charge is 2.38. The van der Waals surface area contributed by atoms with Gasteiger partial charge >= 0.3 is 6.01 Å². The molecule has 2 aromatic carbocycles. The second kappa shape index (κ2) is 13.9. The monoisotopic (exact) mass is 657 g/mol. The van der Waals surface area contributed by atoms with Crippen LogP contribution in [0.5, 0.6) is 6.01 Å². The quantitative estimate of drug-likeness (QED) is 0.263. The van der Waals surface area contributed by atoms with E-state index in [1.54, 1.807) is 4.90 Å². The molecule has 1 aromatic heterocycles. The fourth-order valence-corrected chi connectivity index (χ4v) is 7.70. The van der Waals surface area contributed by atoms with Crippen LogP contribution >= 0.6 is 11.6 Å². The standard InChI is InChI=1S/C35H37ClFN7O3/c36-29-7-1-5-24-6-2-8-31(33(24)29)42-15-11-28-30(22-42)39-35(46-18-4-14-41-21-27-19-26(41)23-47-27)40-34(28)43-16-17-44(25(20-43)10-13-38)32(45)9-3-12-37/h1-2,5-8,25-27H,4,10-12,14-23H2/t25-,26-,27-/m0/s1. The third kappa shape index (κ3) is 6.53. The van der Waals surface area contributed by atoms with Crippen LogP contribution < -0.4 is 14.5 Å². The molecule has 12 heteroatoms. The summed E-state index contributed by atoms with van der Waals surface area (Å²) in [6, 6.07) is 14.8. The molecule has 0 N–H and O–H groups in total. The van der Waals surface area contributed by atoms with E-state index in [-0.39, 0.29) is 6.42 Å². The number of morpholine rings is 1.